The summed E-state index contributed by atoms with van der Waals surface area (Å²) in [5.74, 6) is 0.445. The van der Waals surface area contributed by atoms with Crippen molar-refractivity contribution in [2.75, 3.05) is 5.43 Å². The first-order valence-corrected chi connectivity index (χ1v) is 11.6. The minimum atomic E-state index is 0.445. The van der Waals surface area contributed by atoms with Crippen LogP contribution in [0.1, 0.15) is 37.8 Å². The molecule has 1 N–H and O–H groups in total. The Kier molecular flexibility index (Phi) is 7.48. The van der Waals surface area contributed by atoms with Gasteiger partial charge in [0, 0.05) is 16.1 Å². The molecule has 3 aromatic carbocycles. The molecule has 0 fully saturated rings. The highest BCUT2D eigenvalue weighted by atomic mass is 35.5. The number of aromatic nitrogens is 2. The molecule has 0 aliphatic carbocycles. The van der Waals surface area contributed by atoms with Crippen molar-refractivity contribution in [1.29, 1.82) is 0 Å². The quantitative estimate of drug-likeness (QED) is 0.220. The standard InChI is InChI=1S/C28H27ClN4/c1-3-4-8-21-11-13-22(14-12-21)20(2)32-33-28-30-26(23-9-6-5-7-10-23)19-27(31-28)24-15-17-25(29)18-16-24/h5-7,9-19H,3-4,8H2,1-2H3,(H,30,31,33). The molecule has 0 saturated heterocycles. The molecule has 0 spiro atoms. The van der Waals surface area contributed by atoms with Gasteiger partial charge >= 0.3 is 0 Å². The predicted molar refractivity (Wildman–Crippen MR) is 139 cm³/mol. The summed E-state index contributed by atoms with van der Waals surface area (Å²) in [7, 11) is 0. The van der Waals surface area contributed by atoms with Crippen molar-refractivity contribution in [3.05, 3.63) is 101 Å². The fourth-order valence-electron chi connectivity index (χ4n) is 3.51. The molecule has 4 nitrogen and oxygen atoms in total. The van der Waals surface area contributed by atoms with Crippen LogP contribution in [0.3, 0.4) is 0 Å². The Morgan fingerprint density at radius 3 is 2.12 bits per heavy atom. The van der Waals surface area contributed by atoms with Crippen LogP contribution >= 0.6 is 11.6 Å². The lowest BCUT2D eigenvalue weighted by Gasteiger charge is -2.09. The minimum absolute atomic E-state index is 0.445. The second kappa shape index (κ2) is 10.9. The van der Waals surface area contributed by atoms with Gasteiger partial charge in [-0.3, -0.25) is 0 Å². The van der Waals surface area contributed by atoms with Gasteiger partial charge in [0.1, 0.15) is 0 Å². The summed E-state index contributed by atoms with van der Waals surface area (Å²) >= 11 is 6.07. The third-order valence-corrected chi connectivity index (χ3v) is 5.70. The van der Waals surface area contributed by atoms with Gasteiger partial charge in [-0.25, -0.2) is 15.4 Å². The van der Waals surface area contributed by atoms with Crippen molar-refractivity contribution in [2.24, 2.45) is 5.10 Å². The molecule has 33 heavy (non-hydrogen) atoms. The number of nitrogens with one attached hydrogen (secondary N) is 1. The Hall–Kier alpha value is -3.50. The molecule has 0 bridgehead atoms. The molecular formula is C28H27ClN4. The largest absolute Gasteiger partial charge is 0.245 e. The summed E-state index contributed by atoms with van der Waals surface area (Å²) in [6, 6.07) is 28.3. The smallest absolute Gasteiger partial charge is 0.244 e. The maximum atomic E-state index is 6.07. The van der Waals surface area contributed by atoms with E-state index in [9.17, 15) is 0 Å². The third-order valence-electron chi connectivity index (χ3n) is 5.45. The summed E-state index contributed by atoms with van der Waals surface area (Å²) < 4.78 is 0. The van der Waals surface area contributed by atoms with E-state index >= 15 is 0 Å². The fourth-order valence-corrected chi connectivity index (χ4v) is 3.64. The van der Waals surface area contributed by atoms with E-state index in [1.807, 2.05) is 67.6 Å². The first-order chi connectivity index (χ1) is 16.1. The Bertz CT molecular complexity index is 1220. The van der Waals surface area contributed by atoms with E-state index in [0.29, 0.717) is 11.0 Å². The molecule has 0 aliphatic heterocycles. The maximum Gasteiger partial charge on any atom is 0.244 e. The van der Waals surface area contributed by atoms with E-state index in [4.69, 9.17) is 21.6 Å². The van der Waals surface area contributed by atoms with Crippen LogP contribution in [0, 0.1) is 0 Å². The Labute approximate surface area is 200 Å². The summed E-state index contributed by atoms with van der Waals surface area (Å²) in [6.07, 6.45) is 3.52. The number of benzene rings is 3. The lowest BCUT2D eigenvalue weighted by molar-refractivity contribution is 0.795. The third kappa shape index (κ3) is 6.05. The van der Waals surface area contributed by atoms with E-state index in [0.717, 1.165) is 40.2 Å². The number of rotatable bonds is 8. The van der Waals surface area contributed by atoms with Crippen LogP contribution in [-0.2, 0) is 6.42 Å². The van der Waals surface area contributed by atoms with Gasteiger partial charge in [0.05, 0.1) is 17.1 Å². The van der Waals surface area contributed by atoms with E-state index in [2.05, 4.69) is 41.7 Å². The van der Waals surface area contributed by atoms with Crippen LogP contribution in [0.25, 0.3) is 22.5 Å². The summed E-state index contributed by atoms with van der Waals surface area (Å²) in [5.41, 5.74) is 9.97. The molecule has 0 radical (unpaired) electrons. The number of hydrogen-bond acceptors (Lipinski definition) is 4. The van der Waals surface area contributed by atoms with Gasteiger partial charge in [0.2, 0.25) is 5.95 Å². The molecule has 166 valence electrons. The van der Waals surface area contributed by atoms with E-state index < -0.39 is 0 Å². The maximum absolute atomic E-state index is 6.07. The van der Waals surface area contributed by atoms with Crippen LogP contribution in [0.5, 0.6) is 0 Å². The molecule has 0 amide bonds. The number of halogens is 1. The van der Waals surface area contributed by atoms with Crippen molar-refractivity contribution in [3.63, 3.8) is 0 Å². The number of anilines is 1. The molecule has 0 unspecified atom stereocenters. The monoisotopic (exact) mass is 454 g/mol. The minimum Gasteiger partial charge on any atom is -0.245 e. The van der Waals surface area contributed by atoms with Gasteiger partial charge in [0.15, 0.2) is 0 Å². The molecule has 0 aliphatic rings. The molecule has 4 rings (SSSR count). The van der Waals surface area contributed by atoms with Crippen LogP contribution in [0.2, 0.25) is 5.02 Å². The molecular weight excluding hydrogens is 428 g/mol. The van der Waals surface area contributed by atoms with Crippen LogP contribution in [0.15, 0.2) is 90.0 Å². The zero-order valence-electron chi connectivity index (χ0n) is 18.9. The van der Waals surface area contributed by atoms with Gasteiger partial charge in [-0.2, -0.15) is 5.10 Å². The lowest BCUT2D eigenvalue weighted by atomic mass is 10.0. The van der Waals surface area contributed by atoms with E-state index in [1.54, 1.807) is 0 Å². The Morgan fingerprint density at radius 2 is 1.48 bits per heavy atom. The highest BCUT2D eigenvalue weighted by molar-refractivity contribution is 6.30. The van der Waals surface area contributed by atoms with Gasteiger partial charge in [-0.05, 0) is 49.1 Å². The van der Waals surface area contributed by atoms with Crippen molar-refractivity contribution in [1.82, 2.24) is 9.97 Å². The fraction of sp³-hybridized carbons (Fsp3) is 0.179. The molecule has 1 aromatic heterocycles. The van der Waals surface area contributed by atoms with E-state index in [-0.39, 0.29) is 0 Å². The lowest BCUT2D eigenvalue weighted by Crippen LogP contribution is -2.04. The zero-order valence-corrected chi connectivity index (χ0v) is 19.7. The first-order valence-electron chi connectivity index (χ1n) is 11.2. The number of hydrazone groups is 1. The zero-order chi connectivity index (χ0) is 23.0. The average molecular weight is 455 g/mol. The van der Waals surface area contributed by atoms with Gasteiger partial charge < -0.3 is 0 Å². The average Bonchev–Trinajstić information content (AvgIpc) is 2.87. The normalized spacial score (nSPS) is 11.4. The van der Waals surface area contributed by atoms with Crippen molar-refractivity contribution >= 4 is 23.3 Å². The second-order valence-electron chi connectivity index (χ2n) is 7.94. The van der Waals surface area contributed by atoms with Crippen molar-refractivity contribution in [2.45, 2.75) is 33.1 Å². The number of hydrogen-bond donors (Lipinski definition) is 1. The summed E-state index contributed by atoms with van der Waals surface area (Å²) in [4.78, 5) is 9.40. The predicted octanol–water partition coefficient (Wildman–Crippen LogP) is 7.64. The second-order valence-corrected chi connectivity index (χ2v) is 8.38. The summed E-state index contributed by atoms with van der Waals surface area (Å²) in [5, 5.41) is 5.25. The SMILES string of the molecule is CCCCc1ccc(C(C)=NNc2nc(-c3ccccc3)cc(-c3ccc(Cl)cc3)n2)cc1. The van der Waals surface area contributed by atoms with Gasteiger partial charge in [0.25, 0.3) is 0 Å². The molecule has 5 heteroatoms. The molecule has 1 heterocycles. The Morgan fingerprint density at radius 1 is 0.848 bits per heavy atom. The summed E-state index contributed by atoms with van der Waals surface area (Å²) in [6.45, 7) is 4.19. The molecule has 4 aromatic rings. The van der Waals surface area contributed by atoms with Crippen LogP contribution < -0.4 is 5.43 Å². The highest BCUT2D eigenvalue weighted by Crippen LogP contribution is 2.26. The number of unbranched alkanes of at least 4 members (excludes halogenated alkanes) is 1. The van der Waals surface area contributed by atoms with Crippen LogP contribution in [0.4, 0.5) is 5.95 Å². The van der Waals surface area contributed by atoms with Crippen LogP contribution in [-0.4, -0.2) is 15.7 Å². The van der Waals surface area contributed by atoms with Crippen molar-refractivity contribution < 1.29 is 0 Å². The number of nitrogens with zero attached hydrogens (tertiary/aromatic N) is 3. The van der Waals surface area contributed by atoms with E-state index in [1.165, 1.54) is 18.4 Å². The van der Waals surface area contributed by atoms with Gasteiger partial charge in [-0.15, -0.1) is 0 Å². The topological polar surface area (TPSA) is 50.2 Å². The Balaban J connectivity index is 1.62. The first kappa shape index (κ1) is 22.7. The highest BCUT2D eigenvalue weighted by Gasteiger charge is 2.09. The number of aryl methyl sites for hydroxylation is 1. The molecule has 0 saturated carbocycles. The molecule has 0 atom stereocenters. The van der Waals surface area contributed by atoms with Gasteiger partial charge in [-0.1, -0.05) is 91.7 Å². The van der Waals surface area contributed by atoms with Crippen molar-refractivity contribution in [3.8, 4) is 22.5 Å².